The minimum absolute atomic E-state index is 0.136. The van der Waals surface area contributed by atoms with E-state index in [1.54, 1.807) is 11.5 Å². The number of fused-ring (bicyclic) bond motifs is 1. The number of nitrogens with one attached hydrogen (secondary N) is 2. The lowest BCUT2D eigenvalue weighted by Crippen LogP contribution is -2.71. The van der Waals surface area contributed by atoms with Gasteiger partial charge in [-0.25, -0.2) is 9.78 Å². The summed E-state index contributed by atoms with van der Waals surface area (Å²) in [4.78, 5) is 65.4. The van der Waals surface area contributed by atoms with Crippen molar-refractivity contribution in [3.8, 4) is 0 Å². The smallest absolute Gasteiger partial charge is 0.352 e. The van der Waals surface area contributed by atoms with Gasteiger partial charge >= 0.3 is 5.97 Å². The van der Waals surface area contributed by atoms with Crippen LogP contribution in [0.3, 0.4) is 0 Å². The van der Waals surface area contributed by atoms with E-state index in [9.17, 15) is 24.3 Å². The van der Waals surface area contributed by atoms with Gasteiger partial charge in [0.2, 0.25) is 11.5 Å². The fraction of sp³-hybridized carbons (Fsp3) is 0.179. The second-order valence-corrected chi connectivity index (χ2v) is 14.3. The Bertz CT molecular complexity index is 2090. The van der Waals surface area contributed by atoms with Crippen LogP contribution < -0.4 is 16.4 Å². The lowest BCUT2D eigenvalue weighted by molar-refractivity contribution is -0.150. The number of aliphatic carboxylic acids is 1. The number of aromatic nitrogens is 1. The summed E-state index contributed by atoms with van der Waals surface area (Å²) in [6.07, 6.45) is 2.30. The van der Waals surface area contributed by atoms with E-state index in [1.165, 1.54) is 16.7 Å². The standard InChI is InChI=1S/C39H34N6O6S2/c1-2-12-26(27-19-20-41-33(27)46)28-21-52-36-31(35(48)45(36)32(28)37(49)50)43-34(47)30(29-22-53-38(40)42-29)44-51-39(23-13-6-3-7-14-23,24-15-8-4-9-16-24)25-17-10-5-11-18-25/h2-11,13-18,22,31,36H,1,12,19-21H2,(H2,40,42)(H,41,46)(H,43,47)(H,49,50)/t31-,36-/m1/s1. The van der Waals surface area contributed by atoms with Gasteiger partial charge in [-0.3, -0.25) is 19.3 Å². The van der Waals surface area contributed by atoms with Crippen LogP contribution >= 0.6 is 23.1 Å². The van der Waals surface area contributed by atoms with E-state index in [0.29, 0.717) is 29.7 Å². The van der Waals surface area contributed by atoms with Crippen LogP contribution in [0.5, 0.6) is 0 Å². The van der Waals surface area contributed by atoms with Gasteiger partial charge < -0.3 is 26.3 Å². The highest BCUT2D eigenvalue weighted by Crippen LogP contribution is 2.44. The van der Waals surface area contributed by atoms with E-state index >= 15 is 0 Å². The lowest BCUT2D eigenvalue weighted by Gasteiger charge is -2.49. The van der Waals surface area contributed by atoms with Gasteiger partial charge in [-0.05, 0) is 24.0 Å². The molecule has 2 atom stereocenters. The number of thiazole rings is 1. The van der Waals surface area contributed by atoms with Gasteiger partial charge in [0.15, 0.2) is 10.8 Å². The number of thioether (sulfide) groups is 1. The van der Waals surface area contributed by atoms with Crippen molar-refractivity contribution >= 4 is 57.6 Å². The second-order valence-electron chi connectivity index (χ2n) is 12.3. The van der Waals surface area contributed by atoms with E-state index in [1.807, 2.05) is 91.0 Å². The van der Waals surface area contributed by atoms with Crippen LogP contribution in [0.1, 0.15) is 35.2 Å². The van der Waals surface area contributed by atoms with Gasteiger partial charge in [0.05, 0.1) is 0 Å². The Morgan fingerprint density at radius 1 is 1.04 bits per heavy atom. The molecule has 268 valence electrons. The number of carboxylic acids is 1. The maximum atomic E-state index is 14.2. The fourth-order valence-corrected chi connectivity index (χ4v) is 8.76. The zero-order valence-corrected chi connectivity index (χ0v) is 29.9. The number of carbonyl (C=O) groups excluding carboxylic acids is 3. The van der Waals surface area contributed by atoms with Gasteiger partial charge in [-0.2, -0.15) is 0 Å². The second kappa shape index (κ2) is 14.9. The molecule has 2 fully saturated rings. The third kappa shape index (κ3) is 6.51. The molecule has 4 heterocycles. The van der Waals surface area contributed by atoms with Crippen LogP contribution in [0, 0.1) is 0 Å². The van der Waals surface area contributed by atoms with Crippen LogP contribution in [-0.4, -0.2) is 68.1 Å². The molecule has 53 heavy (non-hydrogen) atoms. The monoisotopic (exact) mass is 746 g/mol. The molecule has 2 saturated heterocycles. The third-order valence-electron chi connectivity index (χ3n) is 9.26. The van der Waals surface area contributed by atoms with Crippen LogP contribution in [0.15, 0.2) is 137 Å². The Balaban J connectivity index is 1.25. The molecule has 4 aromatic rings. The SMILES string of the molecule is C=CCC(=C1CCNC1=O)C1=C(C(=O)O)N2C(=O)[C@@H](NC(=O)C(=NOC(c3ccccc3)(c3ccccc3)c3ccccc3)c3csc(N)n3)[C@H]2SC1. The number of anilines is 1. The molecule has 3 amide bonds. The molecule has 3 aliphatic heterocycles. The number of allylic oxidation sites excluding steroid dienone is 2. The first kappa shape index (κ1) is 35.4. The average molecular weight is 747 g/mol. The van der Waals surface area contributed by atoms with Crippen molar-refractivity contribution < 1.29 is 29.1 Å². The first-order chi connectivity index (χ1) is 25.7. The summed E-state index contributed by atoms with van der Waals surface area (Å²) in [6.45, 7) is 4.23. The molecule has 12 nitrogen and oxygen atoms in total. The van der Waals surface area contributed by atoms with Crippen LogP contribution in [0.4, 0.5) is 5.13 Å². The highest BCUT2D eigenvalue weighted by atomic mass is 32.2. The number of carboxylic acid groups (broad SMARTS) is 1. The summed E-state index contributed by atoms with van der Waals surface area (Å²) in [5, 5.41) is 21.4. The predicted molar refractivity (Wildman–Crippen MR) is 203 cm³/mol. The minimum atomic E-state index is -1.31. The first-order valence-electron chi connectivity index (χ1n) is 16.7. The van der Waals surface area contributed by atoms with Gasteiger partial charge in [-0.1, -0.05) is 102 Å². The van der Waals surface area contributed by atoms with Gasteiger partial charge in [-0.15, -0.1) is 29.7 Å². The largest absolute Gasteiger partial charge is 0.477 e. The number of hydrogen-bond acceptors (Lipinski definition) is 10. The molecule has 0 bridgehead atoms. The Morgan fingerprint density at radius 3 is 2.13 bits per heavy atom. The minimum Gasteiger partial charge on any atom is -0.477 e. The number of amides is 3. The van der Waals surface area contributed by atoms with Crippen molar-refractivity contribution in [3.05, 3.63) is 154 Å². The molecular formula is C39H34N6O6S2. The quantitative estimate of drug-likeness (QED) is 0.0404. The highest BCUT2D eigenvalue weighted by molar-refractivity contribution is 8.00. The number of nitrogen functional groups attached to an aromatic ring is 1. The number of nitrogens with two attached hydrogens (primary N) is 1. The number of carbonyl (C=O) groups is 4. The van der Waals surface area contributed by atoms with Crippen LogP contribution in [0.25, 0.3) is 0 Å². The highest BCUT2D eigenvalue weighted by Gasteiger charge is 2.55. The number of benzene rings is 3. The van der Waals surface area contributed by atoms with E-state index in [4.69, 9.17) is 10.6 Å². The molecule has 3 aliphatic rings. The van der Waals surface area contributed by atoms with Crippen LogP contribution in [0.2, 0.25) is 0 Å². The van der Waals surface area contributed by atoms with Crippen molar-refractivity contribution in [1.82, 2.24) is 20.5 Å². The number of hydrogen-bond donors (Lipinski definition) is 4. The summed E-state index contributed by atoms with van der Waals surface area (Å²) in [7, 11) is 0. The molecule has 1 aromatic heterocycles. The molecular weight excluding hydrogens is 713 g/mol. The molecule has 0 spiro atoms. The zero-order valence-electron chi connectivity index (χ0n) is 28.2. The Kier molecular flexibility index (Phi) is 9.98. The summed E-state index contributed by atoms with van der Waals surface area (Å²) in [6, 6.07) is 27.4. The molecule has 3 aromatic carbocycles. The van der Waals surface area contributed by atoms with Crippen molar-refractivity contribution in [2.75, 3.05) is 18.0 Å². The van der Waals surface area contributed by atoms with Crippen molar-refractivity contribution in [2.24, 2.45) is 5.16 Å². The van der Waals surface area contributed by atoms with Crippen molar-refractivity contribution in [1.29, 1.82) is 0 Å². The third-order valence-corrected chi connectivity index (χ3v) is 11.2. The van der Waals surface area contributed by atoms with E-state index in [2.05, 4.69) is 27.4 Å². The normalized spacial score (nSPS) is 19.5. The summed E-state index contributed by atoms with van der Waals surface area (Å²) >= 11 is 2.41. The molecule has 0 radical (unpaired) electrons. The topological polar surface area (TPSA) is 176 Å². The van der Waals surface area contributed by atoms with Gasteiger partial charge in [0.25, 0.3) is 11.8 Å². The number of rotatable bonds is 12. The van der Waals surface area contributed by atoms with Gasteiger partial charge in [0.1, 0.15) is 22.8 Å². The number of oxime groups is 1. The molecule has 0 saturated carbocycles. The van der Waals surface area contributed by atoms with Crippen molar-refractivity contribution in [3.63, 3.8) is 0 Å². The fourth-order valence-electron chi connectivity index (χ4n) is 6.83. The maximum absolute atomic E-state index is 14.2. The molecule has 0 aliphatic carbocycles. The van der Waals surface area contributed by atoms with E-state index in [-0.39, 0.29) is 40.3 Å². The van der Waals surface area contributed by atoms with Crippen LogP contribution in [-0.2, 0) is 29.6 Å². The lowest BCUT2D eigenvalue weighted by atomic mass is 9.80. The Labute approximate surface area is 313 Å². The first-order valence-corrected chi connectivity index (χ1v) is 18.6. The Hall–Kier alpha value is -5.99. The summed E-state index contributed by atoms with van der Waals surface area (Å²) in [5.74, 6) is -2.76. The zero-order chi connectivity index (χ0) is 37.1. The molecule has 7 rings (SSSR count). The molecule has 0 unspecified atom stereocenters. The molecule has 14 heteroatoms. The van der Waals surface area contributed by atoms with E-state index < -0.39 is 34.8 Å². The number of β-lactam (4-membered cyclic amide) rings is 1. The molecule has 5 N–H and O–H groups in total. The summed E-state index contributed by atoms with van der Waals surface area (Å²) < 4.78 is 0. The van der Waals surface area contributed by atoms with Crippen molar-refractivity contribution in [2.45, 2.75) is 29.9 Å². The number of nitrogens with zero attached hydrogens (tertiary/aromatic N) is 3. The average Bonchev–Trinajstić information content (AvgIpc) is 3.82. The predicted octanol–water partition coefficient (Wildman–Crippen LogP) is 4.57. The van der Waals surface area contributed by atoms with Gasteiger partial charge in [0, 0.05) is 39.9 Å². The van der Waals surface area contributed by atoms with E-state index in [0.717, 1.165) is 28.0 Å². The summed E-state index contributed by atoms with van der Waals surface area (Å²) in [5.41, 5.74) is 8.02. The Morgan fingerprint density at radius 2 is 1.64 bits per heavy atom. The maximum Gasteiger partial charge on any atom is 0.352 e.